The van der Waals surface area contributed by atoms with E-state index in [0.717, 1.165) is 0 Å². The number of alkyl halides is 1. The average Bonchev–Trinajstić information content (AvgIpc) is 1.59. The third-order valence-electron chi connectivity index (χ3n) is 0.327. The molecule has 0 aromatic rings. The van der Waals surface area contributed by atoms with Gasteiger partial charge in [0.1, 0.15) is 0 Å². The van der Waals surface area contributed by atoms with Crippen molar-refractivity contribution in [2.45, 2.75) is 0 Å². The zero-order chi connectivity index (χ0) is 6.62. The van der Waals surface area contributed by atoms with Gasteiger partial charge in [-0.2, -0.15) is 0 Å². The van der Waals surface area contributed by atoms with E-state index in [0.29, 0.717) is 0 Å². The first-order chi connectivity index (χ1) is 3.56. The summed E-state index contributed by atoms with van der Waals surface area (Å²) < 4.78 is 13.3. The van der Waals surface area contributed by atoms with Gasteiger partial charge in [0.05, 0.1) is 14.4 Å². The van der Waals surface area contributed by atoms with Crippen LogP contribution >= 0.6 is 19.4 Å². The maximum Gasteiger partial charge on any atom is 1.00 e. The molecule has 50 valence electrons. The van der Waals surface area contributed by atoms with Crippen molar-refractivity contribution in [1.29, 1.82) is 0 Å². The summed E-state index contributed by atoms with van der Waals surface area (Å²) in [4.78, 5) is 19.2. The topological polar surface area (TPSA) is 72.4 Å². The van der Waals surface area contributed by atoms with E-state index in [1.807, 2.05) is 0 Å². The average molecular weight is 204 g/mol. The first-order valence-electron chi connectivity index (χ1n) is 1.79. The Balaban J connectivity index is -0.000000245. The maximum atomic E-state index is 9.58. The van der Waals surface area contributed by atoms with Crippen LogP contribution < -0.4 is 68.9 Å². The largest absolute Gasteiger partial charge is 1.00 e. The number of rotatable bonds is 3. The predicted molar refractivity (Wildman–Crippen MR) is 24.3 cm³/mol. The monoisotopic (exact) mass is 204 g/mol. The fourth-order valence-corrected chi connectivity index (χ4v) is 0.646. The second kappa shape index (κ2) is 9.49. The van der Waals surface area contributed by atoms with Crippen molar-refractivity contribution in [2.24, 2.45) is 0 Å². The van der Waals surface area contributed by atoms with E-state index in [2.05, 4.69) is 4.52 Å². The normalized spacial score (nSPS) is 9.50. The molecule has 0 aromatic heterocycles. The SMILES string of the molecule is O=P([O-])([O-])OCCCl.[Na+].[Na+]. The summed E-state index contributed by atoms with van der Waals surface area (Å²) in [6.07, 6.45) is 0. The smallest absolute Gasteiger partial charge is 0.790 e. The number of hydrogen-bond donors (Lipinski definition) is 0. The van der Waals surface area contributed by atoms with Crippen LogP contribution in [0.25, 0.3) is 0 Å². The van der Waals surface area contributed by atoms with Crippen LogP contribution in [0.3, 0.4) is 0 Å². The molecule has 4 nitrogen and oxygen atoms in total. The van der Waals surface area contributed by atoms with Gasteiger partial charge in [-0.3, -0.25) is 0 Å². The van der Waals surface area contributed by atoms with Gasteiger partial charge in [-0.1, -0.05) is 0 Å². The van der Waals surface area contributed by atoms with Crippen molar-refractivity contribution in [1.82, 2.24) is 0 Å². The standard InChI is InChI=1S/C2H6ClO4P.2Na/c3-1-2-7-8(4,5)6;;/h1-2H2,(H2,4,5,6);;/q;2*+1/p-2. The Bertz CT molecular complexity index is 105. The third-order valence-corrected chi connectivity index (χ3v) is 0.980. The zero-order valence-electron chi connectivity index (χ0n) is 5.87. The minimum absolute atomic E-state index is 0. The van der Waals surface area contributed by atoms with E-state index in [4.69, 9.17) is 11.6 Å². The molecule has 0 atom stereocenters. The minimum atomic E-state index is -4.77. The van der Waals surface area contributed by atoms with E-state index < -0.39 is 7.82 Å². The Morgan fingerprint density at radius 2 is 1.80 bits per heavy atom. The molecule has 0 radical (unpaired) electrons. The molecule has 0 bridgehead atoms. The van der Waals surface area contributed by atoms with E-state index >= 15 is 0 Å². The van der Waals surface area contributed by atoms with Gasteiger partial charge in [0.25, 0.3) is 0 Å². The van der Waals surface area contributed by atoms with Crippen LogP contribution in [0.15, 0.2) is 0 Å². The van der Waals surface area contributed by atoms with E-state index in [1.165, 1.54) is 0 Å². The van der Waals surface area contributed by atoms with Gasteiger partial charge in [0, 0.05) is 5.88 Å². The van der Waals surface area contributed by atoms with Crippen LogP contribution in [0.2, 0.25) is 0 Å². The van der Waals surface area contributed by atoms with Crippen molar-refractivity contribution in [3.63, 3.8) is 0 Å². The number of phosphoric acid groups is 1. The number of phosphoric ester groups is 1. The van der Waals surface area contributed by atoms with E-state index in [9.17, 15) is 14.4 Å². The Labute approximate surface area is 108 Å². The summed E-state index contributed by atoms with van der Waals surface area (Å²) in [7, 11) is -4.77. The van der Waals surface area contributed by atoms with Crippen LogP contribution in [0.1, 0.15) is 0 Å². The molecule has 0 unspecified atom stereocenters. The van der Waals surface area contributed by atoms with Gasteiger partial charge >= 0.3 is 59.1 Å². The molecule has 0 spiro atoms. The molecule has 0 aliphatic heterocycles. The van der Waals surface area contributed by atoms with Gasteiger partial charge in [-0.15, -0.1) is 11.6 Å². The molecular weight excluding hydrogens is 200 g/mol. The van der Waals surface area contributed by atoms with Crippen molar-refractivity contribution in [3.8, 4) is 0 Å². The molecular formula is C2H4ClNa2O4P. The molecule has 0 fully saturated rings. The van der Waals surface area contributed by atoms with Crippen LogP contribution in [0.4, 0.5) is 0 Å². The van der Waals surface area contributed by atoms with Crippen molar-refractivity contribution in [3.05, 3.63) is 0 Å². The first-order valence-corrected chi connectivity index (χ1v) is 3.78. The number of hydrogen-bond acceptors (Lipinski definition) is 4. The van der Waals surface area contributed by atoms with Crippen molar-refractivity contribution in [2.75, 3.05) is 12.5 Å². The van der Waals surface area contributed by atoms with Gasteiger partial charge in [0.15, 0.2) is 0 Å². The minimum Gasteiger partial charge on any atom is -0.790 e. The quantitative estimate of drug-likeness (QED) is 0.260. The predicted octanol–water partition coefficient (Wildman–Crippen LogP) is -6.92. The van der Waals surface area contributed by atoms with Crippen LogP contribution in [-0.2, 0) is 9.09 Å². The van der Waals surface area contributed by atoms with Crippen molar-refractivity contribution < 1.29 is 78.0 Å². The number of halogens is 1. The van der Waals surface area contributed by atoms with Crippen LogP contribution in [0.5, 0.6) is 0 Å². The molecule has 8 heteroatoms. The Morgan fingerprint density at radius 3 is 1.90 bits per heavy atom. The van der Waals surface area contributed by atoms with Gasteiger partial charge in [0.2, 0.25) is 0 Å². The summed E-state index contributed by atoms with van der Waals surface area (Å²) in [6, 6.07) is 0. The molecule has 0 aliphatic carbocycles. The Hall–Kier alpha value is 2.40. The fraction of sp³-hybridized carbons (Fsp3) is 1.00. The maximum absolute atomic E-state index is 9.58. The van der Waals surface area contributed by atoms with Gasteiger partial charge < -0.3 is 18.9 Å². The zero-order valence-corrected chi connectivity index (χ0v) is 11.5. The summed E-state index contributed by atoms with van der Waals surface area (Å²) in [5.41, 5.74) is 0. The summed E-state index contributed by atoms with van der Waals surface area (Å²) in [5.74, 6) is 0.00840. The van der Waals surface area contributed by atoms with Crippen LogP contribution in [0, 0.1) is 0 Å². The van der Waals surface area contributed by atoms with Gasteiger partial charge in [-0.25, -0.2) is 0 Å². The summed E-state index contributed by atoms with van der Waals surface area (Å²) >= 11 is 4.98. The molecule has 0 heterocycles. The second-order valence-electron chi connectivity index (χ2n) is 0.969. The summed E-state index contributed by atoms with van der Waals surface area (Å²) in [5, 5.41) is 0. The molecule has 0 rings (SSSR count). The molecule has 0 N–H and O–H groups in total. The molecule has 0 saturated carbocycles. The molecule has 0 saturated heterocycles. The first kappa shape index (κ1) is 18.2. The van der Waals surface area contributed by atoms with E-state index in [1.54, 1.807) is 0 Å². The molecule has 0 amide bonds. The Morgan fingerprint density at radius 1 is 1.40 bits per heavy atom. The van der Waals surface area contributed by atoms with E-state index in [-0.39, 0.29) is 71.6 Å². The Kier molecular flexibility index (Phi) is 17.3. The second-order valence-corrected chi connectivity index (χ2v) is 2.50. The van der Waals surface area contributed by atoms with Gasteiger partial charge in [-0.05, 0) is 0 Å². The fourth-order valence-electron chi connectivity index (χ4n) is 0.146. The molecule has 10 heavy (non-hydrogen) atoms. The third kappa shape index (κ3) is 16.8. The molecule has 0 aromatic carbocycles. The summed E-state index contributed by atoms with van der Waals surface area (Å²) in [6.45, 7) is -0.244. The van der Waals surface area contributed by atoms with Crippen molar-refractivity contribution >= 4 is 19.4 Å². The molecule has 0 aliphatic rings. The van der Waals surface area contributed by atoms with Crippen LogP contribution in [-0.4, -0.2) is 12.5 Å².